The lowest BCUT2D eigenvalue weighted by Crippen LogP contribution is -2.31. The van der Waals surface area contributed by atoms with Gasteiger partial charge in [-0.2, -0.15) is 0 Å². The molecule has 1 aromatic heterocycles. The van der Waals surface area contributed by atoms with Crippen LogP contribution in [0.25, 0.3) is 0 Å². The zero-order chi connectivity index (χ0) is 21.6. The minimum absolute atomic E-state index is 0.0383. The van der Waals surface area contributed by atoms with Crippen molar-refractivity contribution in [3.63, 3.8) is 0 Å². The van der Waals surface area contributed by atoms with Crippen LogP contribution in [0.15, 0.2) is 73.1 Å². The van der Waals surface area contributed by atoms with Crippen molar-refractivity contribution >= 4 is 21.7 Å². The van der Waals surface area contributed by atoms with E-state index in [0.717, 1.165) is 5.56 Å². The number of carbonyl (C=O) groups is 1. The summed E-state index contributed by atoms with van der Waals surface area (Å²) >= 11 is 0. The normalized spacial score (nSPS) is 11.1. The quantitative estimate of drug-likeness (QED) is 0.558. The van der Waals surface area contributed by atoms with Gasteiger partial charge in [0.05, 0.1) is 24.4 Å². The van der Waals surface area contributed by atoms with Gasteiger partial charge in [0.15, 0.2) is 0 Å². The van der Waals surface area contributed by atoms with E-state index >= 15 is 0 Å². The number of aromatic nitrogens is 1. The van der Waals surface area contributed by atoms with E-state index in [1.165, 1.54) is 4.31 Å². The van der Waals surface area contributed by atoms with Crippen molar-refractivity contribution in [3.8, 4) is 11.5 Å². The average molecular weight is 426 g/mol. The van der Waals surface area contributed by atoms with Gasteiger partial charge in [-0.1, -0.05) is 24.3 Å². The summed E-state index contributed by atoms with van der Waals surface area (Å²) in [5, 5.41) is 8.86. The lowest BCUT2D eigenvalue weighted by atomic mass is 10.1. The Labute approximate surface area is 175 Å². The maximum atomic E-state index is 12.7. The molecule has 2 aromatic carbocycles. The Bertz CT molecular complexity index is 1100. The van der Waals surface area contributed by atoms with Gasteiger partial charge in [0.1, 0.15) is 11.5 Å². The fourth-order valence-corrected chi connectivity index (χ4v) is 3.94. The fourth-order valence-electron chi connectivity index (χ4n) is 2.85. The number of nitrogens with zero attached hydrogens (tertiary/aromatic N) is 2. The van der Waals surface area contributed by atoms with E-state index in [1.54, 1.807) is 73.9 Å². The van der Waals surface area contributed by atoms with E-state index in [1.807, 2.05) is 6.07 Å². The number of sulfonamides is 1. The molecule has 3 rings (SSSR count). The third-order valence-electron chi connectivity index (χ3n) is 4.37. The SMILES string of the molecule is CCS(=O)(=O)N(Cc1cccnc1)c1cccc(Oc2ccc(CC(=O)O)cc2)c1. The van der Waals surface area contributed by atoms with Crippen LogP contribution in [0.3, 0.4) is 0 Å². The molecule has 0 atom stereocenters. The fraction of sp³-hybridized carbons (Fsp3) is 0.182. The first kappa shape index (κ1) is 21.3. The van der Waals surface area contributed by atoms with E-state index in [-0.39, 0.29) is 18.7 Å². The number of pyridine rings is 1. The van der Waals surface area contributed by atoms with E-state index < -0.39 is 16.0 Å². The number of carboxylic acid groups (broad SMARTS) is 1. The molecular weight excluding hydrogens is 404 g/mol. The molecule has 30 heavy (non-hydrogen) atoms. The van der Waals surface area contributed by atoms with Crippen LogP contribution in [0.1, 0.15) is 18.1 Å². The molecule has 3 aromatic rings. The van der Waals surface area contributed by atoms with E-state index in [4.69, 9.17) is 9.84 Å². The third kappa shape index (κ3) is 5.57. The smallest absolute Gasteiger partial charge is 0.307 e. The predicted molar refractivity (Wildman–Crippen MR) is 114 cm³/mol. The monoisotopic (exact) mass is 426 g/mol. The molecule has 0 bridgehead atoms. The first-order chi connectivity index (χ1) is 14.4. The minimum Gasteiger partial charge on any atom is -0.481 e. The minimum atomic E-state index is -3.52. The Morgan fingerprint density at radius 1 is 1.03 bits per heavy atom. The molecule has 0 aliphatic heterocycles. The summed E-state index contributed by atoms with van der Waals surface area (Å²) in [6.45, 7) is 1.77. The number of carboxylic acids is 1. The number of hydrogen-bond acceptors (Lipinski definition) is 5. The number of hydrogen-bond donors (Lipinski definition) is 1. The summed E-state index contributed by atoms with van der Waals surface area (Å²) in [7, 11) is -3.52. The molecule has 0 spiro atoms. The molecule has 156 valence electrons. The topological polar surface area (TPSA) is 96.8 Å². The van der Waals surface area contributed by atoms with Gasteiger partial charge in [0.25, 0.3) is 0 Å². The Morgan fingerprint density at radius 2 is 1.80 bits per heavy atom. The summed E-state index contributed by atoms with van der Waals surface area (Å²) < 4.78 is 32.6. The Morgan fingerprint density at radius 3 is 2.43 bits per heavy atom. The van der Waals surface area contributed by atoms with Crippen LogP contribution in [-0.4, -0.2) is 30.2 Å². The summed E-state index contributed by atoms with van der Waals surface area (Å²) in [6.07, 6.45) is 3.21. The van der Waals surface area contributed by atoms with Gasteiger partial charge in [-0.3, -0.25) is 14.1 Å². The Hall–Kier alpha value is -3.39. The molecule has 1 N–H and O–H groups in total. The van der Waals surface area contributed by atoms with Crippen molar-refractivity contribution in [3.05, 3.63) is 84.2 Å². The van der Waals surface area contributed by atoms with Crippen LogP contribution in [0.4, 0.5) is 5.69 Å². The molecule has 0 saturated heterocycles. The second-order valence-electron chi connectivity index (χ2n) is 6.58. The molecule has 0 aliphatic carbocycles. The van der Waals surface area contributed by atoms with Crippen LogP contribution in [0.2, 0.25) is 0 Å². The number of aliphatic carboxylic acids is 1. The number of anilines is 1. The van der Waals surface area contributed by atoms with Crippen LogP contribution >= 0.6 is 0 Å². The first-order valence-electron chi connectivity index (χ1n) is 9.35. The molecule has 7 nitrogen and oxygen atoms in total. The van der Waals surface area contributed by atoms with Crippen molar-refractivity contribution in [2.24, 2.45) is 0 Å². The predicted octanol–water partition coefficient (Wildman–Crippen LogP) is 3.86. The van der Waals surface area contributed by atoms with Crippen molar-refractivity contribution < 1.29 is 23.1 Å². The highest BCUT2D eigenvalue weighted by atomic mass is 32.2. The zero-order valence-electron chi connectivity index (χ0n) is 16.4. The maximum Gasteiger partial charge on any atom is 0.307 e. The van der Waals surface area contributed by atoms with Gasteiger partial charge < -0.3 is 9.84 Å². The molecule has 1 heterocycles. The summed E-state index contributed by atoms with van der Waals surface area (Å²) in [5.41, 5.74) is 1.93. The highest BCUT2D eigenvalue weighted by Gasteiger charge is 2.21. The van der Waals surface area contributed by atoms with Crippen LogP contribution in [-0.2, 0) is 27.8 Å². The van der Waals surface area contributed by atoms with Gasteiger partial charge in [0.2, 0.25) is 10.0 Å². The van der Waals surface area contributed by atoms with E-state index in [2.05, 4.69) is 4.98 Å². The highest BCUT2D eigenvalue weighted by Crippen LogP contribution is 2.29. The largest absolute Gasteiger partial charge is 0.481 e. The number of ether oxygens (including phenoxy) is 1. The van der Waals surface area contributed by atoms with Crippen molar-refractivity contribution in [2.45, 2.75) is 19.9 Å². The zero-order valence-corrected chi connectivity index (χ0v) is 17.2. The van der Waals surface area contributed by atoms with Crippen LogP contribution in [0, 0.1) is 0 Å². The lowest BCUT2D eigenvalue weighted by molar-refractivity contribution is -0.136. The molecule has 0 radical (unpaired) electrons. The molecule has 0 saturated carbocycles. The van der Waals surface area contributed by atoms with Crippen LogP contribution in [0.5, 0.6) is 11.5 Å². The van der Waals surface area contributed by atoms with Crippen molar-refractivity contribution in [1.82, 2.24) is 4.98 Å². The molecular formula is C22H22N2O5S. The summed E-state index contributed by atoms with van der Waals surface area (Å²) in [6, 6.07) is 17.2. The summed E-state index contributed by atoms with van der Waals surface area (Å²) in [4.78, 5) is 14.8. The maximum absolute atomic E-state index is 12.7. The standard InChI is InChI=1S/C22H22N2O5S/c1-2-30(27,28)24(16-18-5-4-12-23-15-18)19-6-3-7-21(14-19)29-20-10-8-17(9-11-20)13-22(25)26/h3-12,14-15H,2,13,16H2,1H3,(H,25,26). The first-order valence-corrected chi connectivity index (χ1v) is 11.0. The lowest BCUT2D eigenvalue weighted by Gasteiger charge is -2.24. The van der Waals surface area contributed by atoms with Gasteiger partial charge in [0, 0.05) is 18.5 Å². The second kappa shape index (κ2) is 9.41. The molecule has 0 unspecified atom stereocenters. The van der Waals surface area contributed by atoms with Gasteiger partial charge >= 0.3 is 5.97 Å². The number of benzene rings is 2. The van der Waals surface area contributed by atoms with E-state index in [0.29, 0.717) is 22.7 Å². The second-order valence-corrected chi connectivity index (χ2v) is 8.76. The molecule has 0 aliphatic rings. The molecule has 8 heteroatoms. The average Bonchev–Trinajstić information content (AvgIpc) is 2.74. The highest BCUT2D eigenvalue weighted by molar-refractivity contribution is 7.92. The number of rotatable bonds is 9. The third-order valence-corrected chi connectivity index (χ3v) is 6.11. The molecule has 0 fully saturated rings. The van der Waals surface area contributed by atoms with Gasteiger partial charge in [-0.25, -0.2) is 8.42 Å². The van der Waals surface area contributed by atoms with Crippen molar-refractivity contribution in [1.29, 1.82) is 0 Å². The Balaban J connectivity index is 1.84. The van der Waals surface area contributed by atoms with Crippen molar-refractivity contribution in [2.75, 3.05) is 10.1 Å². The summed E-state index contributed by atoms with van der Waals surface area (Å²) in [5.74, 6) is 0.0604. The van der Waals surface area contributed by atoms with Crippen LogP contribution < -0.4 is 9.04 Å². The van der Waals surface area contributed by atoms with E-state index in [9.17, 15) is 13.2 Å². The Kier molecular flexibility index (Phi) is 6.68. The van der Waals surface area contributed by atoms with Gasteiger partial charge in [-0.15, -0.1) is 0 Å². The molecule has 0 amide bonds. The van der Waals surface area contributed by atoms with Gasteiger partial charge in [-0.05, 0) is 48.4 Å².